The topological polar surface area (TPSA) is 73.3 Å². The predicted molar refractivity (Wildman–Crippen MR) is 91.0 cm³/mol. The summed E-state index contributed by atoms with van der Waals surface area (Å²) < 4.78 is 0.251. The molecular formula is C14H13N2O3S3-. The Kier molecular flexibility index (Phi) is 5.98. The molecule has 0 bridgehead atoms. The number of rotatable bonds is 6. The Labute approximate surface area is 142 Å². The van der Waals surface area contributed by atoms with Gasteiger partial charge in [-0.15, -0.1) is 0 Å². The van der Waals surface area contributed by atoms with Crippen molar-refractivity contribution in [1.29, 1.82) is 0 Å². The summed E-state index contributed by atoms with van der Waals surface area (Å²) in [6.45, 7) is 0. The molecular weight excluding hydrogens is 340 g/mol. The molecule has 8 heteroatoms. The molecule has 116 valence electrons. The molecule has 1 aromatic heterocycles. The molecule has 0 saturated carbocycles. The fraction of sp³-hybridized carbons (Fsp3) is 0.286. The highest BCUT2D eigenvalue weighted by Gasteiger charge is 2.37. The Hall–Kier alpha value is -1.38. The molecule has 1 saturated heterocycles. The molecule has 1 amide bonds. The van der Waals surface area contributed by atoms with Gasteiger partial charge in [0.1, 0.15) is 4.32 Å². The zero-order valence-electron chi connectivity index (χ0n) is 11.7. The van der Waals surface area contributed by atoms with E-state index in [-0.39, 0.29) is 10.2 Å². The van der Waals surface area contributed by atoms with E-state index >= 15 is 0 Å². The van der Waals surface area contributed by atoms with Crippen LogP contribution in [0.5, 0.6) is 0 Å². The van der Waals surface area contributed by atoms with Gasteiger partial charge in [0.15, 0.2) is 0 Å². The number of carbonyl (C=O) groups is 2. The molecule has 0 N–H and O–H groups in total. The number of thiocarbonyl (C=S) groups is 1. The van der Waals surface area contributed by atoms with Gasteiger partial charge in [-0.2, -0.15) is 11.8 Å². The lowest BCUT2D eigenvalue weighted by atomic mass is 10.2. The fourth-order valence-electron chi connectivity index (χ4n) is 1.94. The van der Waals surface area contributed by atoms with Crippen LogP contribution in [0.3, 0.4) is 0 Å². The third-order valence-corrected chi connectivity index (χ3v) is 4.98. The molecule has 0 radical (unpaired) electrons. The molecule has 1 atom stereocenters. The van der Waals surface area contributed by atoms with Crippen LogP contribution in [0.2, 0.25) is 0 Å². The third-order valence-electron chi connectivity index (χ3n) is 3.01. The number of aromatic nitrogens is 1. The number of nitrogens with zero attached hydrogens (tertiary/aromatic N) is 2. The lowest BCUT2D eigenvalue weighted by molar-refractivity contribution is -0.310. The molecule has 2 rings (SSSR count). The molecule has 0 spiro atoms. The van der Waals surface area contributed by atoms with Crippen molar-refractivity contribution < 1.29 is 14.7 Å². The Morgan fingerprint density at radius 3 is 2.82 bits per heavy atom. The van der Waals surface area contributed by atoms with Crippen LogP contribution in [0, 0.1) is 0 Å². The van der Waals surface area contributed by atoms with E-state index in [9.17, 15) is 14.7 Å². The quantitative estimate of drug-likeness (QED) is 0.561. The second-order valence-electron chi connectivity index (χ2n) is 4.45. The summed E-state index contributed by atoms with van der Waals surface area (Å²) in [5, 5.41) is 11.3. The largest absolute Gasteiger partial charge is 0.548 e. The first-order valence-electron chi connectivity index (χ1n) is 6.41. The van der Waals surface area contributed by atoms with E-state index < -0.39 is 12.0 Å². The van der Waals surface area contributed by atoms with Gasteiger partial charge in [-0.3, -0.25) is 14.7 Å². The number of carboxylic acid groups (broad SMARTS) is 1. The minimum atomic E-state index is -1.28. The molecule has 22 heavy (non-hydrogen) atoms. The number of carbonyl (C=O) groups excluding carboxylic acids is 2. The average Bonchev–Trinajstić information content (AvgIpc) is 2.76. The molecule has 0 aromatic carbocycles. The number of hydrogen-bond acceptors (Lipinski definition) is 7. The Balaban J connectivity index is 2.24. The average molecular weight is 353 g/mol. The van der Waals surface area contributed by atoms with Gasteiger partial charge >= 0.3 is 0 Å². The monoisotopic (exact) mass is 353 g/mol. The highest BCUT2D eigenvalue weighted by molar-refractivity contribution is 8.26. The van der Waals surface area contributed by atoms with Crippen molar-refractivity contribution in [3.05, 3.63) is 35.0 Å². The van der Waals surface area contributed by atoms with Crippen molar-refractivity contribution in [1.82, 2.24) is 9.88 Å². The summed E-state index contributed by atoms with van der Waals surface area (Å²) in [6.07, 6.45) is 7.10. The zero-order chi connectivity index (χ0) is 16.1. The SMILES string of the molecule is CSCC[C@H](C(=O)[O-])N1C(=O)/C(=C/c2ccncc2)SC1=S. The summed E-state index contributed by atoms with van der Waals surface area (Å²) >= 11 is 7.79. The molecule has 1 aliphatic rings. The minimum absolute atomic E-state index is 0.251. The van der Waals surface area contributed by atoms with Gasteiger partial charge < -0.3 is 9.90 Å². The van der Waals surface area contributed by atoms with Crippen LogP contribution in [-0.2, 0) is 9.59 Å². The third kappa shape index (κ3) is 3.88. The number of pyridine rings is 1. The van der Waals surface area contributed by atoms with Crippen molar-refractivity contribution in [2.75, 3.05) is 12.0 Å². The van der Waals surface area contributed by atoms with Gasteiger partial charge in [-0.05, 0) is 42.2 Å². The molecule has 1 fully saturated rings. The van der Waals surface area contributed by atoms with Gasteiger partial charge in [0, 0.05) is 12.4 Å². The van der Waals surface area contributed by atoms with Gasteiger partial charge in [0.25, 0.3) is 5.91 Å². The second-order valence-corrected chi connectivity index (χ2v) is 7.11. The number of thioether (sulfide) groups is 2. The van der Waals surface area contributed by atoms with Crippen molar-refractivity contribution in [2.24, 2.45) is 0 Å². The van der Waals surface area contributed by atoms with Crippen LogP contribution in [-0.4, -0.2) is 44.1 Å². The summed E-state index contributed by atoms with van der Waals surface area (Å²) in [7, 11) is 0. The zero-order valence-corrected chi connectivity index (χ0v) is 14.2. The van der Waals surface area contributed by atoms with Crippen molar-refractivity contribution in [3.63, 3.8) is 0 Å². The molecule has 1 aliphatic heterocycles. The van der Waals surface area contributed by atoms with Crippen molar-refractivity contribution in [2.45, 2.75) is 12.5 Å². The fourth-order valence-corrected chi connectivity index (χ4v) is 3.76. The molecule has 2 heterocycles. The Morgan fingerprint density at radius 2 is 2.23 bits per heavy atom. The van der Waals surface area contributed by atoms with E-state index in [0.717, 1.165) is 22.2 Å². The van der Waals surface area contributed by atoms with E-state index in [1.165, 1.54) is 11.8 Å². The van der Waals surface area contributed by atoms with E-state index in [4.69, 9.17) is 12.2 Å². The summed E-state index contributed by atoms with van der Waals surface area (Å²) in [4.78, 5) is 29.3. The first kappa shape index (κ1) is 17.0. The van der Waals surface area contributed by atoms with E-state index in [1.807, 2.05) is 6.26 Å². The Morgan fingerprint density at radius 1 is 1.55 bits per heavy atom. The second kappa shape index (κ2) is 7.75. The highest BCUT2D eigenvalue weighted by atomic mass is 32.2. The van der Waals surface area contributed by atoms with Gasteiger partial charge in [0.05, 0.1) is 16.9 Å². The van der Waals surface area contributed by atoms with Crippen molar-refractivity contribution in [3.8, 4) is 0 Å². The van der Waals surface area contributed by atoms with Crippen LogP contribution < -0.4 is 5.11 Å². The standard InChI is InChI=1S/C14H14N2O3S3/c1-21-7-4-10(13(18)19)16-12(17)11(22-14(16)20)8-9-2-5-15-6-3-9/h2-3,5-6,8,10H,4,7H2,1H3,(H,18,19)/p-1/b11-8-/t10-/m1/s1. The number of aliphatic carboxylic acids is 1. The molecule has 0 aliphatic carbocycles. The van der Waals surface area contributed by atoms with Crippen LogP contribution >= 0.6 is 35.7 Å². The predicted octanol–water partition coefficient (Wildman–Crippen LogP) is 1.15. The van der Waals surface area contributed by atoms with Crippen molar-refractivity contribution >= 4 is 58.0 Å². The molecule has 0 unspecified atom stereocenters. The summed E-state index contributed by atoms with van der Waals surface area (Å²) in [5.74, 6) is -1.06. The maximum atomic E-state index is 12.5. The minimum Gasteiger partial charge on any atom is -0.548 e. The summed E-state index contributed by atoms with van der Waals surface area (Å²) in [6, 6.07) is 2.50. The lowest BCUT2D eigenvalue weighted by Crippen LogP contribution is -2.50. The van der Waals surface area contributed by atoms with Gasteiger partial charge in [-0.25, -0.2) is 0 Å². The maximum Gasteiger partial charge on any atom is 0.266 e. The maximum absolute atomic E-state index is 12.5. The lowest BCUT2D eigenvalue weighted by Gasteiger charge is -2.27. The summed E-state index contributed by atoms with van der Waals surface area (Å²) in [5.41, 5.74) is 0.810. The van der Waals surface area contributed by atoms with Gasteiger partial charge in [0.2, 0.25) is 0 Å². The number of carboxylic acids is 1. The Bertz CT molecular complexity index is 619. The van der Waals surface area contributed by atoms with Crippen LogP contribution in [0.15, 0.2) is 29.4 Å². The van der Waals surface area contributed by atoms with Crippen LogP contribution in [0.4, 0.5) is 0 Å². The normalized spacial score (nSPS) is 18.0. The number of hydrogen-bond donors (Lipinski definition) is 0. The van der Waals surface area contributed by atoms with Gasteiger partial charge in [-0.1, -0.05) is 24.0 Å². The van der Waals surface area contributed by atoms with Crippen LogP contribution in [0.25, 0.3) is 6.08 Å². The van der Waals surface area contributed by atoms with Crippen LogP contribution in [0.1, 0.15) is 12.0 Å². The van der Waals surface area contributed by atoms with E-state index in [1.54, 1.807) is 30.6 Å². The molecule has 1 aromatic rings. The number of amides is 1. The first-order chi connectivity index (χ1) is 10.5. The first-order valence-corrected chi connectivity index (χ1v) is 9.03. The highest BCUT2D eigenvalue weighted by Crippen LogP contribution is 2.34. The van der Waals surface area contributed by atoms with E-state index in [0.29, 0.717) is 17.1 Å². The smallest absolute Gasteiger partial charge is 0.266 e. The van der Waals surface area contributed by atoms with E-state index in [2.05, 4.69) is 4.98 Å². The molecule has 5 nitrogen and oxygen atoms in total.